The number of nitrogens with zero attached hydrogens (tertiary/aromatic N) is 1. The van der Waals surface area contributed by atoms with Gasteiger partial charge in [0.05, 0.1) is 0 Å². The van der Waals surface area contributed by atoms with Crippen LogP contribution in [0.4, 0.5) is 0 Å². The predicted octanol–water partition coefficient (Wildman–Crippen LogP) is 4.73. The van der Waals surface area contributed by atoms with Crippen molar-refractivity contribution in [2.75, 3.05) is 19.6 Å². The fourth-order valence-corrected chi connectivity index (χ4v) is 2.69. The highest BCUT2D eigenvalue weighted by Crippen LogP contribution is 2.23. The lowest BCUT2D eigenvalue weighted by Crippen LogP contribution is -2.29. The molecule has 0 aliphatic carbocycles. The second-order valence-corrected chi connectivity index (χ2v) is 5.91. The highest BCUT2D eigenvalue weighted by Gasteiger charge is 2.12. The summed E-state index contributed by atoms with van der Waals surface area (Å²) in [6.07, 6.45) is 7.61. The number of hydrogen-bond acceptors (Lipinski definition) is 1. The Balaban J connectivity index is 1.88. The molecule has 0 aromatic heterocycles. The first-order valence-corrected chi connectivity index (χ1v) is 7.76. The van der Waals surface area contributed by atoms with Crippen LogP contribution in [0.3, 0.4) is 0 Å². The van der Waals surface area contributed by atoms with Gasteiger partial charge in [-0.05, 0) is 42.7 Å². The Labute approximate surface area is 119 Å². The van der Waals surface area contributed by atoms with Gasteiger partial charge in [0.25, 0.3) is 0 Å². The van der Waals surface area contributed by atoms with E-state index in [2.05, 4.69) is 58.1 Å². The molecule has 18 heavy (non-hydrogen) atoms. The van der Waals surface area contributed by atoms with E-state index in [0.29, 0.717) is 0 Å². The van der Waals surface area contributed by atoms with Crippen molar-refractivity contribution in [3.8, 4) is 0 Å². The van der Waals surface area contributed by atoms with Crippen molar-refractivity contribution in [3.63, 3.8) is 0 Å². The van der Waals surface area contributed by atoms with Crippen LogP contribution in [0.15, 0.2) is 34.8 Å². The van der Waals surface area contributed by atoms with Crippen molar-refractivity contribution in [1.82, 2.24) is 4.90 Å². The van der Waals surface area contributed by atoms with E-state index in [-0.39, 0.29) is 0 Å². The maximum absolute atomic E-state index is 3.49. The number of benzene rings is 1. The average Bonchev–Trinajstić information content (AvgIpc) is 2.41. The lowest BCUT2D eigenvalue weighted by Gasteiger charge is -2.26. The quantitative estimate of drug-likeness (QED) is 0.711. The lowest BCUT2D eigenvalue weighted by molar-refractivity contribution is 0.294. The third-order valence-corrected chi connectivity index (χ3v) is 4.11. The fourth-order valence-electron chi connectivity index (χ4n) is 2.43. The maximum Gasteiger partial charge on any atom is 0.0175 e. The highest BCUT2D eigenvalue weighted by atomic mass is 79.9. The van der Waals surface area contributed by atoms with Gasteiger partial charge in [0.2, 0.25) is 0 Å². The molecule has 0 saturated carbocycles. The monoisotopic (exact) mass is 307 g/mol. The summed E-state index contributed by atoms with van der Waals surface area (Å²) < 4.78 is 1.16. The molecule has 98 valence electrons. The zero-order chi connectivity index (χ0) is 12.8. The molecule has 1 heterocycles. The molecule has 0 atom stereocenters. The molecule has 0 N–H and O–H groups in total. The molecule has 1 nitrogen and oxygen atoms in total. The fraction of sp³-hybridized carbons (Fsp3) is 0.500. The van der Waals surface area contributed by atoms with E-state index in [0.717, 1.165) is 11.0 Å². The largest absolute Gasteiger partial charge is 0.299 e. The Kier molecular flexibility index (Phi) is 5.45. The molecule has 2 rings (SSSR count). The van der Waals surface area contributed by atoms with Crippen LogP contribution in [-0.2, 0) is 0 Å². The van der Waals surface area contributed by atoms with Crippen LogP contribution in [0.5, 0.6) is 0 Å². The number of rotatable bonds is 5. The molecular formula is C16H22BrN. The van der Waals surface area contributed by atoms with Crippen molar-refractivity contribution in [1.29, 1.82) is 0 Å². The Morgan fingerprint density at radius 3 is 2.56 bits per heavy atom. The summed E-state index contributed by atoms with van der Waals surface area (Å²) in [6.45, 7) is 5.86. The second kappa shape index (κ2) is 7.10. The standard InChI is InChI=1S/C16H22BrN/c1-2-3-4-11-18-12-9-15(10-13-18)14-5-7-16(17)8-6-14/h5-9H,2-4,10-13H2,1H3. The first-order valence-electron chi connectivity index (χ1n) is 6.97. The molecule has 0 amide bonds. The van der Waals surface area contributed by atoms with Crippen molar-refractivity contribution in [2.24, 2.45) is 0 Å². The van der Waals surface area contributed by atoms with Gasteiger partial charge in [0.1, 0.15) is 0 Å². The number of hydrogen-bond donors (Lipinski definition) is 0. The molecule has 1 aromatic rings. The van der Waals surface area contributed by atoms with Crippen LogP contribution < -0.4 is 0 Å². The Morgan fingerprint density at radius 1 is 1.17 bits per heavy atom. The van der Waals surface area contributed by atoms with Crippen LogP contribution in [0.25, 0.3) is 5.57 Å². The minimum Gasteiger partial charge on any atom is -0.299 e. The van der Waals surface area contributed by atoms with Crippen LogP contribution in [0.2, 0.25) is 0 Å². The number of unbranched alkanes of at least 4 members (excludes halogenated alkanes) is 2. The summed E-state index contributed by atoms with van der Waals surface area (Å²) in [5.74, 6) is 0. The molecule has 0 saturated heterocycles. The van der Waals surface area contributed by atoms with Crippen molar-refractivity contribution >= 4 is 21.5 Å². The van der Waals surface area contributed by atoms with Crippen molar-refractivity contribution in [3.05, 3.63) is 40.4 Å². The van der Waals surface area contributed by atoms with Crippen LogP contribution in [0.1, 0.15) is 38.2 Å². The average molecular weight is 308 g/mol. The molecule has 1 aliphatic heterocycles. The van der Waals surface area contributed by atoms with Gasteiger partial charge in [-0.25, -0.2) is 0 Å². The van der Waals surface area contributed by atoms with E-state index >= 15 is 0 Å². The van der Waals surface area contributed by atoms with Crippen molar-refractivity contribution in [2.45, 2.75) is 32.6 Å². The van der Waals surface area contributed by atoms with E-state index in [1.54, 1.807) is 0 Å². The van der Waals surface area contributed by atoms with Gasteiger partial charge in [-0.3, -0.25) is 4.90 Å². The molecule has 1 aliphatic rings. The van der Waals surface area contributed by atoms with E-state index in [1.807, 2.05) is 0 Å². The van der Waals surface area contributed by atoms with Crippen LogP contribution >= 0.6 is 15.9 Å². The first-order chi connectivity index (χ1) is 8.79. The predicted molar refractivity (Wildman–Crippen MR) is 82.7 cm³/mol. The Hall–Kier alpha value is -0.600. The smallest absolute Gasteiger partial charge is 0.0175 e. The minimum atomic E-state index is 1.12. The van der Waals surface area contributed by atoms with Gasteiger partial charge in [-0.2, -0.15) is 0 Å². The molecular weight excluding hydrogens is 286 g/mol. The van der Waals surface area contributed by atoms with Crippen LogP contribution in [-0.4, -0.2) is 24.5 Å². The molecule has 0 radical (unpaired) electrons. The molecule has 2 heteroatoms. The van der Waals surface area contributed by atoms with Crippen LogP contribution in [0, 0.1) is 0 Å². The van der Waals surface area contributed by atoms with E-state index in [1.165, 1.54) is 49.9 Å². The molecule has 0 spiro atoms. The van der Waals surface area contributed by atoms with Gasteiger partial charge >= 0.3 is 0 Å². The summed E-state index contributed by atoms with van der Waals surface area (Å²) in [5, 5.41) is 0. The summed E-state index contributed by atoms with van der Waals surface area (Å²) in [4.78, 5) is 2.57. The minimum absolute atomic E-state index is 1.12. The van der Waals surface area contributed by atoms with E-state index in [4.69, 9.17) is 0 Å². The summed E-state index contributed by atoms with van der Waals surface area (Å²) >= 11 is 3.49. The van der Waals surface area contributed by atoms with E-state index in [9.17, 15) is 0 Å². The van der Waals surface area contributed by atoms with Gasteiger partial charge < -0.3 is 0 Å². The topological polar surface area (TPSA) is 3.24 Å². The second-order valence-electron chi connectivity index (χ2n) is 4.99. The summed E-state index contributed by atoms with van der Waals surface area (Å²) in [7, 11) is 0. The van der Waals surface area contributed by atoms with Gasteiger partial charge in [-0.15, -0.1) is 0 Å². The van der Waals surface area contributed by atoms with Crippen molar-refractivity contribution < 1.29 is 0 Å². The SMILES string of the molecule is CCCCCN1CC=C(c2ccc(Br)cc2)CC1. The molecule has 0 fully saturated rings. The lowest BCUT2D eigenvalue weighted by atomic mass is 9.99. The zero-order valence-electron chi connectivity index (χ0n) is 11.2. The van der Waals surface area contributed by atoms with Gasteiger partial charge in [-0.1, -0.05) is 53.9 Å². The normalized spacial score (nSPS) is 16.7. The number of halogens is 1. The molecule has 0 bridgehead atoms. The molecule has 1 aromatic carbocycles. The first kappa shape index (κ1) is 13.8. The highest BCUT2D eigenvalue weighted by molar-refractivity contribution is 9.10. The summed E-state index contributed by atoms with van der Waals surface area (Å²) in [5.41, 5.74) is 2.89. The maximum atomic E-state index is 3.49. The zero-order valence-corrected chi connectivity index (χ0v) is 12.7. The Bertz CT molecular complexity index is 394. The molecule has 0 unspecified atom stereocenters. The van der Waals surface area contributed by atoms with Gasteiger partial charge in [0.15, 0.2) is 0 Å². The third-order valence-electron chi connectivity index (χ3n) is 3.59. The van der Waals surface area contributed by atoms with E-state index < -0.39 is 0 Å². The Morgan fingerprint density at radius 2 is 1.94 bits per heavy atom. The summed E-state index contributed by atoms with van der Waals surface area (Å²) in [6, 6.07) is 8.68. The van der Waals surface area contributed by atoms with Gasteiger partial charge in [0, 0.05) is 17.6 Å². The third kappa shape index (κ3) is 3.96.